The molecule has 0 unspecified atom stereocenters. The number of methoxy groups -OCH3 is 1. The third-order valence-electron chi connectivity index (χ3n) is 2.31. The van der Waals surface area contributed by atoms with Gasteiger partial charge in [0.05, 0.1) is 32.1 Å². The number of ether oxygens (including phenoxy) is 2. The molecule has 1 aromatic rings. The average Bonchev–Trinajstić information content (AvgIpc) is 2.70. The normalized spacial score (nSPS) is 10.9. The molecule has 0 spiro atoms. The van der Waals surface area contributed by atoms with Crippen LogP contribution in [0.2, 0.25) is 0 Å². The van der Waals surface area contributed by atoms with Gasteiger partial charge in [0.1, 0.15) is 0 Å². The number of hydrogen-bond donors (Lipinski definition) is 0. The lowest BCUT2D eigenvalue weighted by molar-refractivity contribution is 0.0591. The monoisotopic (exact) mass is 241 g/mol. The Balaban J connectivity index is 2.73. The molecular formula is C11H19N3O3. The molecule has 0 aromatic carbocycles. The average molecular weight is 241 g/mol. The number of aromatic nitrogens is 3. The van der Waals surface area contributed by atoms with Crippen LogP contribution in [0.4, 0.5) is 0 Å². The van der Waals surface area contributed by atoms with E-state index in [0.717, 1.165) is 5.69 Å². The predicted octanol–water partition coefficient (Wildman–Crippen LogP) is 1.05. The minimum Gasteiger partial charge on any atom is -0.464 e. The fraction of sp³-hybridized carbons (Fsp3) is 0.727. The minimum absolute atomic E-state index is 0.184. The molecule has 1 heterocycles. The Kier molecular flexibility index (Phi) is 5.09. The summed E-state index contributed by atoms with van der Waals surface area (Å²) in [6, 6.07) is 0. The Bertz CT molecular complexity index is 374. The van der Waals surface area contributed by atoms with E-state index in [9.17, 15) is 4.79 Å². The molecule has 0 aliphatic heterocycles. The Morgan fingerprint density at radius 1 is 1.47 bits per heavy atom. The first-order chi connectivity index (χ1) is 8.10. The van der Waals surface area contributed by atoms with Crippen LogP contribution in [0.5, 0.6) is 0 Å². The molecule has 0 bridgehead atoms. The summed E-state index contributed by atoms with van der Waals surface area (Å²) in [4.78, 5) is 11.4. The first-order valence-corrected chi connectivity index (χ1v) is 5.72. The summed E-state index contributed by atoms with van der Waals surface area (Å²) >= 11 is 0. The van der Waals surface area contributed by atoms with Gasteiger partial charge in [0.25, 0.3) is 0 Å². The van der Waals surface area contributed by atoms with Crippen molar-refractivity contribution in [3.05, 3.63) is 11.4 Å². The summed E-state index contributed by atoms with van der Waals surface area (Å²) in [7, 11) is 1.34. The van der Waals surface area contributed by atoms with Gasteiger partial charge in [-0.25, -0.2) is 9.48 Å². The van der Waals surface area contributed by atoms with Crippen LogP contribution in [-0.4, -0.2) is 40.8 Å². The number of carbonyl (C=O) groups excluding carboxylic acids is 1. The van der Waals surface area contributed by atoms with Crippen molar-refractivity contribution < 1.29 is 14.3 Å². The maximum atomic E-state index is 11.4. The lowest BCUT2D eigenvalue weighted by Crippen LogP contribution is -2.14. The zero-order valence-electron chi connectivity index (χ0n) is 10.8. The number of hydrogen-bond acceptors (Lipinski definition) is 5. The number of carbonyl (C=O) groups is 1. The van der Waals surface area contributed by atoms with Gasteiger partial charge in [-0.15, -0.1) is 5.10 Å². The van der Waals surface area contributed by atoms with Gasteiger partial charge in [-0.3, -0.25) is 0 Å². The molecular weight excluding hydrogens is 222 g/mol. The molecule has 1 rings (SSSR count). The van der Waals surface area contributed by atoms with Gasteiger partial charge in [-0.2, -0.15) is 0 Å². The largest absolute Gasteiger partial charge is 0.464 e. The summed E-state index contributed by atoms with van der Waals surface area (Å²) in [5.41, 5.74) is 1.07. The van der Waals surface area contributed by atoms with Crippen molar-refractivity contribution in [1.29, 1.82) is 0 Å². The molecule has 0 atom stereocenters. The van der Waals surface area contributed by atoms with Crippen LogP contribution in [0.15, 0.2) is 0 Å². The van der Waals surface area contributed by atoms with E-state index in [-0.39, 0.29) is 6.10 Å². The first-order valence-electron chi connectivity index (χ1n) is 5.72. The van der Waals surface area contributed by atoms with Gasteiger partial charge < -0.3 is 9.47 Å². The van der Waals surface area contributed by atoms with Gasteiger partial charge >= 0.3 is 5.97 Å². The molecule has 6 heteroatoms. The predicted molar refractivity (Wildman–Crippen MR) is 61.8 cm³/mol. The molecule has 6 nitrogen and oxygen atoms in total. The van der Waals surface area contributed by atoms with Gasteiger partial charge in [0.15, 0.2) is 5.69 Å². The summed E-state index contributed by atoms with van der Waals surface area (Å²) in [5.74, 6) is -0.446. The van der Waals surface area contributed by atoms with Gasteiger partial charge in [0, 0.05) is 0 Å². The topological polar surface area (TPSA) is 66.2 Å². The molecule has 0 saturated heterocycles. The van der Waals surface area contributed by atoms with Gasteiger partial charge in [-0.05, 0) is 20.3 Å². The van der Waals surface area contributed by atoms with Crippen LogP contribution in [0, 0.1) is 0 Å². The van der Waals surface area contributed by atoms with Gasteiger partial charge in [-0.1, -0.05) is 12.1 Å². The molecule has 0 radical (unpaired) electrons. The minimum atomic E-state index is -0.446. The molecule has 0 N–H and O–H groups in total. The van der Waals surface area contributed by atoms with Crippen molar-refractivity contribution in [2.24, 2.45) is 0 Å². The highest BCUT2D eigenvalue weighted by atomic mass is 16.5. The van der Waals surface area contributed by atoms with E-state index in [2.05, 4.69) is 15.0 Å². The zero-order chi connectivity index (χ0) is 12.8. The highest BCUT2D eigenvalue weighted by molar-refractivity contribution is 5.88. The fourth-order valence-electron chi connectivity index (χ4n) is 1.49. The number of nitrogens with zero attached hydrogens (tertiary/aromatic N) is 3. The SMILES string of the molecule is CCc1c(C(=O)OC)nnn1CCOC(C)C. The molecule has 0 aliphatic carbocycles. The molecule has 0 amide bonds. The van der Waals surface area contributed by atoms with Crippen molar-refractivity contribution in [2.45, 2.75) is 39.8 Å². The summed E-state index contributed by atoms with van der Waals surface area (Å²) in [6.45, 7) is 7.04. The molecule has 17 heavy (non-hydrogen) atoms. The van der Waals surface area contributed by atoms with Crippen molar-refractivity contribution in [3.63, 3.8) is 0 Å². The van der Waals surface area contributed by atoms with E-state index in [4.69, 9.17) is 4.74 Å². The summed E-state index contributed by atoms with van der Waals surface area (Å²) in [6.07, 6.45) is 0.864. The van der Waals surface area contributed by atoms with Gasteiger partial charge in [0.2, 0.25) is 0 Å². The van der Waals surface area contributed by atoms with E-state index in [1.54, 1.807) is 4.68 Å². The van der Waals surface area contributed by atoms with E-state index in [1.807, 2.05) is 20.8 Å². The number of rotatable bonds is 6. The third kappa shape index (κ3) is 3.52. The van der Waals surface area contributed by atoms with E-state index < -0.39 is 5.97 Å². The van der Waals surface area contributed by atoms with Crippen LogP contribution in [0.1, 0.15) is 37.0 Å². The molecule has 0 aliphatic rings. The van der Waals surface area contributed by atoms with Crippen LogP contribution in [0.3, 0.4) is 0 Å². The quantitative estimate of drug-likeness (QED) is 0.696. The zero-order valence-corrected chi connectivity index (χ0v) is 10.8. The van der Waals surface area contributed by atoms with Crippen molar-refractivity contribution in [3.8, 4) is 0 Å². The second kappa shape index (κ2) is 6.34. The van der Waals surface area contributed by atoms with Crippen LogP contribution >= 0.6 is 0 Å². The lowest BCUT2D eigenvalue weighted by atomic mass is 10.2. The van der Waals surface area contributed by atoms with E-state index in [1.165, 1.54) is 7.11 Å². The Morgan fingerprint density at radius 2 is 2.18 bits per heavy atom. The van der Waals surface area contributed by atoms with E-state index >= 15 is 0 Å². The second-order valence-electron chi connectivity index (χ2n) is 3.87. The maximum absolute atomic E-state index is 11.4. The highest BCUT2D eigenvalue weighted by Gasteiger charge is 2.18. The Hall–Kier alpha value is -1.43. The molecule has 96 valence electrons. The summed E-state index contributed by atoms with van der Waals surface area (Å²) < 4.78 is 11.8. The lowest BCUT2D eigenvalue weighted by Gasteiger charge is -2.08. The van der Waals surface area contributed by atoms with Crippen molar-refractivity contribution >= 4 is 5.97 Å². The van der Waals surface area contributed by atoms with Crippen LogP contribution in [0.25, 0.3) is 0 Å². The van der Waals surface area contributed by atoms with Crippen molar-refractivity contribution in [1.82, 2.24) is 15.0 Å². The number of esters is 1. The molecule has 0 fully saturated rings. The standard InChI is InChI=1S/C11H19N3O3/c1-5-9-10(11(15)16-4)12-13-14(9)6-7-17-8(2)3/h8H,5-7H2,1-4H3. The van der Waals surface area contributed by atoms with Crippen molar-refractivity contribution in [2.75, 3.05) is 13.7 Å². The maximum Gasteiger partial charge on any atom is 0.360 e. The van der Waals surface area contributed by atoms with Crippen LogP contribution < -0.4 is 0 Å². The van der Waals surface area contributed by atoms with Crippen LogP contribution in [-0.2, 0) is 22.4 Å². The third-order valence-corrected chi connectivity index (χ3v) is 2.31. The van der Waals surface area contributed by atoms with E-state index in [0.29, 0.717) is 25.3 Å². The Morgan fingerprint density at radius 3 is 2.71 bits per heavy atom. The smallest absolute Gasteiger partial charge is 0.360 e. The fourth-order valence-corrected chi connectivity index (χ4v) is 1.49. The first kappa shape index (κ1) is 13.6. The molecule has 0 saturated carbocycles. The summed E-state index contributed by atoms with van der Waals surface area (Å²) in [5, 5.41) is 7.78. The molecule has 1 aromatic heterocycles. The Labute approximate surface area is 101 Å². The second-order valence-corrected chi connectivity index (χ2v) is 3.87. The highest BCUT2D eigenvalue weighted by Crippen LogP contribution is 2.08.